The Morgan fingerprint density at radius 2 is 2.40 bits per heavy atom. The highest BCUT2D eigenvalue weighted by atomic mass is 79.9. The highest BCUT2D eigenvalue weighted by Gasteiger charge is 2.15. The Hall–Kier alpha value is -0.290. The average molecular weight is 291 g/mol. The zero-order valence-electron chi connectivity index (χ0n) is 8.99. The molecule has 0 saturated carbocycles. The number of halogens is 1. The molecule has 15 heavy (non-hydrogen) atoms. The lowest BCUT2D eigenvalue weighted by Crippen LogP contribution is -2.11. The van der Waals surface area contributed by atoms with Gasteiger partial charge in [-0.25, -0.2) is 0 Å². The number of aryl methyl sites for hydroxylation is 1. The molecule has 0 saturated heterocycles. The fourth-order valence-electron chi connectivity index (χ4n) is 1.33. The van der Waals surface area contributed by atoms with Crippen molar-refractivity contribution >= 4 is 33.5 Å². The van der Waals surface area contributed by atoms with Gasteiger partial charge in [-0.15, -0.1) is 0 Å². The van der Waals surface area contributed by atoms with Crippen LogP contribution < -0.4 is 0 Å². The summed E-state index contributed by atoms with van der Waals surface area (Å²) in [6.07, 6.45) is 5.26. The van der Waals surface area contributed by atoms with Crippen LogP contribution in [0.3, 0.4) is 0 Å². The second kappa shape index (κ2) is 6.33. The lowest BCUT2D eigenvalue weighted by atomic mass is 10.2. The molecule has 0 radical (unpaired) electrons. The van der Waals surface area contributed by atoms with Crippen LogP contribution in [0.2, 0.25) is 0 Å². The third-order valence-electron chi connectivity index (χ3n) is 2.03. The van der Waals surface area contributed by atoms with E-state index in [0.29, 0.717) is 12.1 Å². The van der Waals surface area contributed by atoms with Crippen molar-refractivity contribution in [2.45, 2.75) is 26.3 Å². The Morgan fingerprint density at radius 1 is 1.67 bits per heavy atom. The Balaban J connectivity index is 2.80. The molecule has 1 rings (SSSR count). The van der Waals surface area contributed by atoms with Gasteiger partial charge in [-0.3, -0.25) is 9.48 Å². The first-order chi connectivity index (χ1) is 7.20. The molecule has 0 aliphatic rings. The molecule has 0 aromatic carbocycles. The van der Waals surface area contributed by atoms with Crippen molar-refractivity contribution in [1.29, 1.82) is 0 Å². The van der Waals surface area contributed by atoms with Crippen molar-refractivity contribution in [3.63, 3.8) is 0 Å². The topological polar surface area (TPSA) is 34.9 Å². The van der Waals surface area contributed by atoms with Gasteiger partial charge in [0, 0.05) is 18.7 Å². The van der Waals surface area contributed by atoms with Gasteiger partial charge in [0.05, 0.1) is 10.7 Å². The van der Waals surface area contributed by atoms with Gasteiger partial charge in [-0.05, 0) is 28.6 Å². The monoisotopic (exact) mass is 290 g/mol. The summed E-state index contributed by atoms with van der Waals surface area (Å²) in [4.78, 5) is 11.9. The molecule has 1 aromatic rings. The van der Waals surface area contributed by atoms with Crippen LogP contribution in [-0.4, -0.2) is 27.6 Å². The van der Waals surface area contributed by atoms with Crippen molar-refractivity contribution in [2.24, 2.45) is 0 Å². The van der Waals surface area contributed by atoms with E-state index >= 15 is 0 Å². The molecule has 1 aromatic heterocycles. The molecule has 0 bridgehead atoms. The third-order valence-corrected chi connectivity index (χ3v) is 3.22. The molecule has 1 heterocycles. The highest BCUT2D eigenvalue weighted by Crippen LogP contribution is 2.18. The number of thioether (sulfide) groups is 1. The van der Waals surface area contributed by atoms with E-state index in [9.17, 15) is 4.79 Å². The van der Waals surface area contributed by atoms with Gasteiger partial charge in [-0.1, -0.05) is 6.92 Å². The van der Waals surface area contributed by atoms with Gasteiger partial charge < -0.3 is 0 Å². The number of hydrogen-bond acceptors (Lipinski definition) is 3. The fourth-order valence-corrected chi connectivity index (χ4v) is 2.24. The van der Waals surface area contributed by atoms with E-state index in [2.05, 4.69) is 28.0 Å². The van der Waals surface area contributed by atoms with Crippen molar-refractivity contribution in [2.75, 3.05) is 12.0 Å². The zero-order chi connectivity index (χ0) is 11.3. The second-order valence-electron chi connectivity index (χ2n) is 3.23. The summed E-state index contributed by atoms with van der Waals surface area (Å²) >= 11 is 5.06. The first-order valence-corrected chi connectivity index (χ1v) is 7.12. The van der Waals surface area contributed by atoms with Gasteiger partial charge in [0.2, 0.25) is 0 Å². The van der Waals surface area contributed by atoms with Crippen LogP contribution in [0, 0.1) is 0 Å². The Labute approximate surface area is 103 Å². The van der Waals surface area contributed by atoms with Crippen molar-refractivity contribution in [3.05, 3.63) is 16.4 Å². The molecule has 84 valence electrons. The van der Waals surface area contributed by atoms with Gasteiger partial charge in [-0.2, -0.15) is 16.9 Å². The van der Waals surface area contributed by atoms with E-state index in [1.807, 2.05) is 6.26 Å². The minimum Gasteiger partial charge on any atom is -0.292 e. The predicted octanol–water partition coefficient (Wildman–Crippen LogP) is 2.99. The molecular weight excluding hydrogens is 276 g/mol. The first-order valence-electron chi connectivity index (χ1n) is 4.94. The SMILES string of the molecule is CCCn1ncc(Br)c1C(=O)CCSC. The maximum atomic E-state index is 11.9. The number of nitrogens with zero attached hydrogens (tertiary/aromatic N) is 2. The summed E-state index contributed by atoms with van der Waals surface area (Å²) in [5, 5.41) is 4.18. The van der Waals surface area contributed by atoms with E-state index in [1.54, 1.807) is 22.6 Å². The van der Waals surface area contributed by atoms with E-state index in [1.165, 1.54) is 0 Å². The Kier molecular flexibility index (Phi) is 5.39. The molecule has 0 spiro atoms. The van der Waals surface area contributed by atoms with Crippen molar-refractivity contribution in [3.8, 4) is 0 Å². The molecule has 0 unspecified atom stereocenters. The largest absolute Gasteiger partial charge is 0.292 e. The number of ketones is 1. The van der Waals surface area contributed by atoms with Crippen LogP contribution in [0.25, 0.3) is 0 Å². The minimum absolute atomic E-state index is 0.169. The van der Waals surface area contributed by atoms with Crippen molar-refractivity contribution < 1.29 is 4.79 Å². The minimum atomic E-state index is 0.169. The number of hydrogen-bond donors (Lipinski definition) is 0. The molecule has 0 amide bonds. The van der Waals surface area contributed by atoms with Crippen LogP contribution in [0.4, 0.5) is 0 Å². The van der Waals surface area contributed by atoms with Crippen LogP contribution >= 0.6 is 27.7 Å². The molecular formula is C10H15BrN2OS. The summed E-state index contributed by atoms with van der Waals surface area (Å²) in [5.41, 5.74) is 0.714. The molecule has 5 heteroatoms. The van der Waals surface area contributed by atoms with Crippen LogP contribution in [-0.2, 0) is 6.54 Å². The smallest absolute Gasteiger partial charge is 0.182 e. The quantitative estimate of drug-likeness (QED) is 0.756. The predicted molar refractivity (Wildman–Crippen MR) is 67.5 cm³/mol. The molecule has 3 nitrogen and oxygen atoms in total. The summed E-state index contributed by atoms with van der Waals surface area (Å²) in [5.74, 6) is 1.03. The van der Waals surface area contributed by atoms with E-state index in [0.717, 1.165) is 23.2 Å². The summed E-state index contributed by atoms with van der Waals surface area (Å²) in [6.45, 7) is 2.87. The van der Waals surface area contributed by atoms with Crippen LogP contribution in [0.15, 0.2) is 10.7 Å². The molecule has 0 fully saturated rings. The summed E-state index contributed by atoms with van der Waals surface area (Å²) in [7, 11) is 0. The lowest BCUT2D eigenvalue weighted by Gasteiger charge is -2.05. The summed E-state index contributed by atoms with van der Waals surface area (Å²) < 4.78 is 2.59. The molecule has 0 N–H and O–H groups in total. The maximum Gasteiger partial charge on any atom is 0.182 e. The average Bonchev–Trinajstić information content (AvgIpc) is 2.57. The van der Waals surface area contributed by atoms with Crippen molar-refractivity contribution in [1.82, 2.24) is 9.78 Å². The van der Waals surface area contributed by atoms with E-state index < -0.39 is 0 Å². The van der Waals surface area contributed by atoms with Gasteiger partial charge in [0.1, 0.15) is 5.69 Å². The van der Waals surface area contributed by atoms with Crippen LogP contribution in [0.1, 0.15) is 30.3 Å². The van der Waals surface area contributed by atoms with Gasteiger partial charge >= 0.3 is 0 Å². The Morgan fingerprint density at radius 3 is 3.00 bits per heavy atom. The number of Topliss-reactive ketones (excluding diaryl/α,β-unsaturated/α-hetero) is 1. The number of carbonyl (C=O) groups is 1. The fraction of sp³-hybridized carbons (Fsp3) is 0.600. The molecule has 0 aliphatic carbocycles. The standard InChI is InChI=1S/C10H15BrN2OS/c1-3-5-13-10(8(11)7-12-13)9(14)4-6-15-2/h7H,3-6H2,1-2H3. The Bertz CT molecular complexity index is 338. The highest BCUT2D eigenvalue weighted by molar-refractivity contribution is 9.10. The maximum absolute atomic E-state index is 11.9. The number of aromatic nitrogens is 2. The molecule has 0 atom stereocenters. The third kappa shape index (κ3) is 3.34. The second-order valence-corrected chi connectivity index (χ2v) is 5.07. The van der Waals surface area contributed by atoms with E-state index in [-0.39, 0.29) is 5.78 Å². The zero-order valence-corrected chi connectivity index (χ0v) is 11.4. The molecule has 0 aliphatic heterocycles. The normalized spacial score (nSPS) is 10.6. The first kappa shape index (κ1) is 12.8. The van der Waals surface area contributed by atoms with Gasteiger partial charge in [0.15, 0.2) is 5.78 Å². The van der Waals surface area contributed by atoms with Gasteiger partial charge in [0.25, 0.3) is 0 Å². The van der Waals surface area contributed by atoms with E-state index in [4.69, 9.17) is 0 Å². The lowest BCUT2D eigenvalue weighted by molar-refractivity contribution is 0.0978. The van der Waals surface area contributed by atoms with Crippen LogP contribution in [0.5, 0.6) is 0 Å². The number of carbonyl (C=O) groups excluding carboxylic acids is 1. The summed E-state index contributed by atoms with van der Waals surface area (Å²) in [6, 6.07) is 0. The number of rotatable bonds is 6.